The van der Waals surface area contributed by atoms with Crippen LogP contribution < -0.4 is 11.1 Å². The summed E-state index contributed by atoms with van der Waals surface area (Å²) in [6.07, 6.45) is 7.03. The maximum atomic E-state index is 13.2. The van der Waals surface area contributed by atoms with Gasteiger partial charge in [0.1, 0.15) is 12.1 Å². The third-order valence-corrected chi connectivity index (χ3v) is 6.67. The monoisotopic (exact) mass is 468 g/mol. The zero-order valence-electron chi connectivity index (χ0n) is 19.3. The molecule has 1 aromatic heterocycles. The van der Waals surface area contributed by atoms with E-state index in [0.717, 1.165) is 12.8 Å². The molecule has 34 heavy (non-hydrogen) atoms. The molecule has 2 fully saturated rings. The van der Waals surface area contributed by atoms with Crippen molar-refractivity contribution in [1.29, 1.82) is 0 Å². The summed E-state index contributed by atoms with van der Waals surface area (Å²) in [5.74, 6) is -0.649. The van der Waals surface area contributed by atoms with E-state index >= 15 is 0 Å². The molecule has 0 saturated heterocycles. The van der Waals surface area contributed by atoms with Crippen LogP contribution >= 0.6 is 0 Å². The number of nitrogens with two attached hydrogens (primary N) is 1. The summed E-state index contributed by atoms with van der Waals surface area (Å²) < 4.78 is 11.6. The Balaban J connectivity index is 1.49. The number of amides is 1. The van der Waals surface area contributed by atoms with E-state index in [1.165, 1.54) is 32.5 Å². The van der Waals surface area contributed by atoms with Crippen LogP contribution in [0, 0.1) is 11.8 Å². The summed E-state index contributed by atoms with van der Waals surface area (Å²) >= 11 is 0. The van der Waals surface area contributed by atoms with Crippen molar-refractivity contribution in [3.05, 3.63) is 54.1 Å². The average molecular weight is 469 g/mol. The van der Waals surface area contributed by atoms with Gasteiger partial charge in [0, 0.05) is 23.9 Å². The molecule has 2 bridgehead atoms. The Labute approximate surface area is 198 Å². The second-order valence-electron chi connectivity index (χ2n) is 9.43. The molecule has 0 radical (unpaired) electrons. The number of benzene rings is 1. The van der Waals surface area contributed by atoms with Gasteiger partial charge in [0.05, 0.1) is 12.4 Å². The summed E-state index contributed by atoms with van der Waals surface area (Å²) in [5, 5.41) is 2.61. The van der Waals surface area contributed by atoms with E-state index in [1.54, 1.807) is 30.5 Å². The number of carbonyl (C=O) groups excluding carboxylic acids is 3. The minimum Gasteiger partial charge on any atom is -0.459 e. The number of esters is 2. The van der Waals surface area contributed by atoms with Crippen molar-refractivity contribution in [2.45, 2.75) is 69.7 Å². The summed E-state index contributed by atoms with van der Waals surface area (Å²) in [6, 6.07) is 6.92. The van der Waals surface area contributed by atoms with Crippen LogP contribution in [0.2, 0.25) is 0 Å². The molecule has 182 valence electrons. The van der Waals surface area contributed by atoms with Crippen molar-refractivity contribution in [3.8, 4) is 0 Å². The Morgan fingerprint density at radius 2 is 1.82 bits per heavy atom. The van der Waals surface area contributed by atoms with Crippen molar-refractivity contribution in [2.24, 2.45) is 17.6 Å². The highest BCUT2D eigenvalue weighted by Gasteiger charge is 2.38. The lowest BCUT2D eigenvalue weighted by atomic mass is 9.87. The summed E-state index contributed by atoms with van der Waals surface area (Å²) in [4.78, 5) is 45.5. The first-order valence-electron chi connectivity index (χ1n) is 11.9. The number of rotatable bonds is 9. The number of hydrogen-bond donors (Lipinski definition) is 3. The Morgan fingerprint density at radius 3 is 2.44 bits per heavy atom. The fraction of sp³-hybridized carbons (Fsp3) is 0.520. The zero-order chi connectivity index (χ0) is 24.1. The van der Waals surface area contributed by atoms with Gasteiger partial charge in [0.25, 0.3) is 0 Å². The molecule has 2 aliphatic rings. The van der Waals surface area contributed by atoms with E-state index in [1.807, 2.05) is 6.07 Å². The largest absolute Gasteiger partial charge is 0.459 e. The van der Waals surface area contributed by atoms with Gasteiger partial charge < -0.3 is 25.5 Å². The topological polar surface area (TPSA) is 136 Å². The second kappa shape index (κ2) is 10.8. The maximum Gasteiger partial charge on any atom is 0.352 e. The third-order valence-electron chi connectivity index (χ3n) is 6.67. The molecule has 0 spiro atoms. The normalized spacial score (nSPS) is 24.0. The van der Waals surface area contributed by atoms with Crippen molar-refractivity contribution in [2.75, 3.05) is 0 Å². The first-order chi connectivity index (χ1) is 16.4. The fourth-order valence-electron chi connectivity index (χ4n) is 4.96. The van der Waals surface area contributed by atoms with E-state index in [2.05, 4.69) is 15.3 Å². The molecule has 1 heterocycles. The number of carbonyl (C=O) groups is 3. The Kier molecular flexibility index (Phi) is 7.62. The first-order valence-corrected chi connectivity index (χ1v) is 11.9. The van der Waals surface area contributed by atoms with Gasteiger partial charge in [-0.15, -0.1) is 0 Å². The molecule has 4 unspecified atom stereocenters. The second-order valence-corrected chi connectivity index (χ2v) is 9.43. The quantitative estimate of drug-likeness (QED) is 0.480. The molecule has 2 aromatic rings. The molecule has 1 aromatic carbocycles. The summed E-state index contributed by atoms with van der Waals surface area (Å²) in [6.45, 7) is 1.52. The molecule has 9 heteroatoms. The minimum absolute atomic E-state index is 0.111. The molecule has 9 nitrogen and oxygen atoms in total. The molecule has 4 rings (SSSR count). The van der Waals surface area contributed by atoms with Crippen LogP contribution in [0.15, 0.2) is 42.9 Å². The minimum atomic E-state index is -1.23. The van der Waals surface area contributed by atoms with Gasteiger partial charge in [-0.2, -0.15) is 0 Å². The average Bonchev–Trinajstić information content (AvgIpc) is 3.46. The highest BCUT2D eigenvalue weighted by atomic mass is 16.6. The Morgan fingerprint density at radius 1 is 1.12 bits per heavy atom. The SMILES string of the molecule is CC(N)C(=O)NC(Cc1cnc[nH]1)C(=O)OC(C(=O)O[C@@H]1CC2CC[C@@H](C2)C1)c1ccccc1. The molecule has 2 saturated carbocycles. The predicted octanol–water partition coefficient (Wildman–Crippen LogP) is 2.19. The molecule has 6 atom stereocenters. The van der Waals surface area contributed by atoms with Crippen LogP contribution in [0.25, 0.3) is 0 Å². The standard InChI is InChI=1S/C25H32N4O5/c1-15(26)23(30)29-21(12-19-13-27-14-28-19)24(31)34-22(18-5-3-2-4-6-18)25(32)33-20-10-16-7-8-17(9-16)11-20/h2-6,13-17,20-22H,7-12,26H2,1H3,(H,27,28)(H,29,30)/t15?,16-,17?,20-,21?,22?/m0/s1. The lowest BCUT2D eigenvalue weighted by Gasteiger charge is -2.29. The zero-order valence-corrected chi connectivity index (χ0v) is 19.3. The number of aromatic amines is 1. The van der Waals surface area contributed by atoms with Crippen LogP contribution in [0.3, 0.4) is 0 Å². The van der Waals surface area contributed by atoms with Crippen LogP contribution in [0.1, 0.15) is 56.4 Å². The van der Waals surface area contributed by atoms with Crippen LogP contribution in [0.4, 0.5) is 0 Å². The van der Waals surface area contributed by atoms with Crippen molar-refractivity contribution in [1.82, 2.24) is 15.3 Å². The van der Waals surface area contributed by atoms with Crippen LogP contribution in [-0.4, -0.2) is 46.0 Å². The Hall–Kier alpha value is -3.20. The van der Waals surface area contributed by atoms with Crippen molar-refractivity contribution >= 4 is 17.8 Å². The van der Waals surface area contributed by atoms with Gasteiger partial charge in [-0.3, -0.25) is 4.79 Å². The van der Waals surface area contributed by atoms with Gasteiger partial charge in [0.15, 0.2) is 0 Å². The number of nitrogens with one attached hydrogen (secondary N) is 2. The number of imidazole rings is 1. The maximum absolute atomic E-state index is 13.2. The smallest absolute Gasteiger partial charge is 0.352 e. The molecule has 1 amide bonds. The number of ether oxygens (including phenoxy) is 2. The fourth-order valence-corrected chi connectivity index (χ4v) is 4.96. The van der Waals surface area contributed by atoms with Gasteiger partial charge >= 0.3 is 11.9 Å². The van der Waals surface area contributed by atoms with E-state index in [9.17, 15) is 14.4 Å². The van der Waals surface area contributed by atoms with E-state index in [0.29, 0.717) is 23.1 Å². The van der Waals surface area contributed by atoms with Gasteiger partial charge in [-0.05, 0) is 38.0 Å². The molecule has 0 aliphatic heterocycles. The van der Waals surface area contributed by atoms with Crippen molar-refractivity contribution in [3.63, 3.8) is 0 Å². The van der Waals surface area contributed by atoms with E-state index < -0.39 is 36.0 Å². The number of hydrogen-bond acceptors (Lipinski definition) is 7. The van der Waals surface area contributed by atoms with Crippen LogP contribution in [0.5, 0.6) is 0 Å². The summed E-state index contributed by atoms with van der Waals surface area (Å²) in [7, 11) is 0. The lowest BCUT2D eigenvalue weighted by molar-refractivity contribution is -0.175. The van der Waals surface area contributed by atoms with Gasteiger partial charge in [0.2, 0.25) is 12.0 Å². The predicted molar refractivity (Wildman–Crippen MR) is 123 cm³/mol. The molecular formula is C25H32N4O5. The lowest BCUT2D eigenvalue weighted by Crippen LogP contribution is -2.49. The van der Waals surface area contributed by atoms with Gasteiger partial charge in [-0.25, -0.2) is 14.6 Å². The highest BCUT2D eigenvalue weighted by Crippen LogP contribution is 2.43. The van der Waals surface area contributed by atoms with Gasteiger partial charge in [-0.1, -0.05) is 43.2 Å². The number of aromatic nitrogens is 2. The number of H-pyrrole nitrogens is 1. The molecular weight excluding hydrogens is 436 g/mol. The number of nitrogens with zero attached hydrogens (tertiary/aromatic N) is 1. The first kappa shape index (κ1) is 23.9. The Bertz CT molecular complexity index is 966. The van der Waals surface area contributed by atoms with Crippen LogP contribution in [-0.2, 0) is 30.3 Å². The third kappa shape index (κ3) is 6.02. The highest BCUT2D eigenvalue weighted by molar-refractivity contribution is 5.88. The van der Waals surface area contributed by atoms with E-state index in [-0.39, 0.29) is 12.5 Å². The van der Waals surface area contributed by atoms with Crippen molar-refractivity contribution < 1.29 is 23.9 Å². The molecule has 2 aliphatic carbocycles. The molecule has 4 N–H and O–H groups in total. The van der Waals surface area contributed by atoms with E-state index in [4.69, 9.17) is 15.2 Å². The summed E-state index contributed by atoms with van der Waals surface area (Å²) in [5.41, 5.74) is 6.81. The number of fused-ring (bicyclic) bond motifs is 2.